The zero-order valence-electron chi connectivity index (χ0n) is 13.6. The van der Waals surface area contributed by atoms with Gasteiger partial charge in [-0.3, -0.25) is 14.4 Å². The summed E-state index contributed by atoms with van der Waals surface area (Å²) in [6, 6.07) is 5.62. The van der Waals surface area contributed by atoms with Crippen LogP contribution in [-0.2, 0) is 19.1 Å². The van der Waals surface area contributed by atoms with Crippen molar-refractivity contribution in [3.05, 3.63) is 29.3 Å². The predicted molar refractivity (Wildman–Crippen MR) is 85.8 cm³/mol. The molecule has 0 bridgehead atoms. The molecule has 1 saturated carbocycles. The van der Waals surface area contributed by atoms with Crippen LogP contribution in [0.5, 0.6) is 0 Å². The highest BCUT2D eigenvalue weighted by Gasteiger charge is 2.40. The highest BCUT2D eigenvalue weighted by molar-refractivity contribution is 5.95. The van der Waals surface area contributed by atoms with Crippen molar-refractivity contribution >= 4 is 23.5 Å². The Hall–Kier alpha value is -2.37. The minimum absolute atomic E-state index is 0.0737. The van der Waals surface area contributed by atoms with Gasteiger partial charge in [0.1, 0.15) is 0 Å². The summed E-state index contributed by atoms with van der Waals surface area (Å²) >= 11 is 0. The SMILES string of the molecule is Cc1cccc(NC(=O)CNC(=O)COC(=O)[C@@H]2C[C@@H]2C)c1C. The second kappa shape index (κ2) is 7.26. The summed E-state index contributed by atoms with van der Waals surface area (Å²) < 4.78 is 4.90. The molecule has 1 fully saturated rings. The van der Waals surface area contributed by atoms with Crippen LogP contribution < -0.4 is 10.6 Å². The van der Waals surface area contributed by atoms with Crippen LogP contribution in [0.3, 0.4) is 0 Å². The number of nitrogens with one attached hydrogen (secondary N) is 2. The summed E-state index contributed by atoms with van der Waals surface area (Å²) in [5.41, 5.74) is 2.78. The molecular weight excluding hydrogens is 296 g/mol. The van der Waals surface area contributed by atoms with Gasteiger partial charge in [0, 0.05) is 5.69 Å². The van der Waals surface area contributed by atoms with Crippen LogP contribution >= 0.6 is 0 Å². The number of amides is 2. The van der Waals surface area contributed by atoms with Gasteiger partial charge < -0.3 is 15.4 Å². The van der Waals surface area contributed by atoms with Crippen LogP contribution in [0.4, 0.5) is 5.69 Å². The fraction of sp³-hybridized carbons (Fsp3) is 0.471. The van der Waals surface area contributed by atoms with Gasteiger partial charge in [-0.05, 0) is 43.4 Å². The average Bonchev–Trinajstić information content (AvgIpc) is 3.24. The number of anilines is 1. The van der Waals surface area contributed by atoms with Crippen molar-refractivity contribution in [2.75, 3.05) is 18.5 Å². The zero-order valence-corrected chi connectivity index (χ0v) is 13.6. The smallest absolute Gasteiger partial charge is 0.309 e. The third-order valence-electron chi connectivity index (χ3n) is 4.08. The molecule has 1 aliphatic rings. The monoisotopic (exact) mass is 318 g/mol. The van der Waals surface area contributed by atoms with E-state index in [1.54, 1.807) is 6.07 Å². The molecule has 6 nitrogen and oxygen atoms in total. The van der Waals surface area contributed by atoms with E-state index in [0.29, 0.717) is 5.92 Å². The molecule has 2 N–H and O–H groups in total. The molecule has 2 atom stereocenters. The van der Waals surface area contributed by atoms with E-state index in [4.69, 9.17) is 4.74 Å². The lowest BCUT2D eigenvalue weighted by atomic mass is 10.1. The molecule has 0 aliphatic heterocycles. The number of esters is 1. The number of carbonyl (C=O) groups excluding carboxylic acids is 3. The van der Waals surface area contributed by atoms with Crippen molar-refractivity contribution in [3.8, 4) is 0 Å². The summed E-state index contributed by atoms with van der Waals surface area (Å²) in [7, 11) is 0. The number of hydrogen-bond donors (Lipinski definition) is 2. The van der Waals surface area contributed by atoms with Crippen molar-refractivity contribution in [1.82, 2.24) is 5.32 Å². The first-order chi connectivity index (χ1) is 10.9. The lowest BCUT2D eigenvalue weighted by Gasteiger charge is -2.11. The Morgan fingerprint density at radius 1 is 1.22 bits per heavy atom. The second-order valence-electron chi connectivity index (χ2n) is 6.00. The van der Waals surface area contributed by atoms with Crippen molar-refractivity contribution in [2.45, 2.75) is 27.2 Å². The standard InChI is InChI=1S/C17H22N2O4/c1-10-5-4-6-14(12(10)3)19-15(20)8-18-16(21)9-23-17(22)13-7-11(13)2/h4-6,11,13H,7-9H2,1-3H3,(H,18,21)(H,19,20)/t11-,13+/m0/s1. The van der Waals surface area contributed by atoms with Crippen molar-refractivity contribution in [1.29, 1.82) is 0 Å². The van der Waals surface area contributed by atoms with Crippen LogP contribution in [0.25, 0.3) is 0 Å². The Kier molecular flexibility index (Phi) is 5.36. The first-order valence-electron chi connectivity index (χ1n) is 7.68. The van der Waals surface area contributed by atoms with Crippen LogP contribution in [-0.4, -0.2) is 30.9 Å². The molecular formula is C17H22N2O4. The molecule has 0 aromatic heterocycles. The number of benzene rings is 1. The van der Waals surface area contributed by atoms with Gasteiger partial charge >= 0.3 is 5.97 Å². The summed E-state index contributed by atoms with van der Waals surface area (Å²) in [4.78, 5) is 34.9. The third-order valence-corrected chi connectivity index (χ3v) is 4.08. The molecule has 1 aromatic carbocycles. The normalized spacial score (nSPS) is 18.9. The maximum atomic E-state index is 11.8. The fourth-order valence-electron chi connectivity index (χ4n) is 2.21. The van der Waals surface area contributed by atoms with Crippen molar-refractivity contribution < 1.29 is 19.1 Å². The maximum Gasteiger partial charge on any atom is 0.309 e. The Bertz CT molecular complexity index is 627. The van der Waals surface area contributed by atoms with Crippen molar-refractivity contribution in [3.63, 3.8) is 0 Å². The van der Waals surface area contributed by atoms with Crippen LogP contribution in [0.2, 0.25) is 0 Å². The summed E-state index contributed by atoms with van der Waals surface area (Å²) in [6.07, 6.45) is 0.818. The van der Waals surface area contributed by atoms with Gasteiger partial charge in [-0.2, -0.15) is 0 Å². The predicted octanol–water partition coefficient (Wildman–Crippen LogP) is 1.56. The van der Waals surface area contributed by atoms with E-state index in [0.717, 1.165) is 23.2 Å². The first-order valence-corrected chi connectivity index (χ1v) is 7.68. The van der Waals surface area contributed by atoms with E-state index in [1.165, 1.54) is 0 Å². The number of carbonyl (C=O) groups is 3. The van der Waals surface area contributed by atoms with E-state index < -0.39 is 5.91 Å². The lowest BCUT2D eigenvalue weighted by Crippen LogP contribution is -2.35. The number of ether oxygens (including phenoxy) is 1. The number of hydrogen-bond acceptors (Lipinski definition) is 4. The largest absolute Gasteiger partial charge is 0.455 e. The van der Waals surface area contributed by atoms with Gasteiger partial charge in [0.15, 0.2) is 6.61 Å². The zero-order chi connectivity index (χ0) is 17.0. The molecule has 0 radical (unpaired) electrons. The van der Waals surface area contributed by atoms with E-state index >= 15 is 0 Å². The van der Waals surface area contributed by atoms with Crippen LogP contribution in [0.15, 0.2) is 18.2 Å². The van der Waals surface area contributed by atoms with E-state index in [1.807, 2.05) is 32.9 Å². The van der Waals surface area contributed by atoms with Gasteiger partial charge in [0.05, 0.1) is 12.5 Å². The molecule has 2 rings (SSSR count). The average molecular weight is 318 g/mol. The Labute approximate surface area is 135 Å². The molecule has 0 saturated heterocycles. The van der Waals surface area contributed by atoms with E-state index in [9.17, 15) is 14.4 Å². The fourth-order valence-corrected chi connectivity index (χ4v) is 2.21. The molecule has 6 heteroatoms. The quantitative estimate of drug-likeness (QED) is 0.780. The number of rotatable bonds is 6. The van der Waals surface area contributed by atoms with Gasteiger partial charge in [0.2, 0.25) is 5.91 Å². The molecule has 0 unspecified atom stereocenters. The Morgan fingerprint density at radius 2 is 1.91 bits per heavy atom. The molecule has 23 heavy (non-hydrogen) atoms. The minimum Gasteiger partial charge on any atom is -0.455 e. The Morgan fingerprint density at radius 3 is 2.57 bits per heavy atom. The minimum atomic E-state index is -0.484. The summed E-state index contributed by atoms with van der Waals surface area (Å²) in [6.45, 7) is 5.33. The van der Waals surface area contributed by atoms with Crippen molar-refractivity contribution in [2.24, 2.45) is 11.8 Å². The molecule has 1 aliphatic carbocycles. The van der Waals surface area contributed by atoms with Gasteiger partial charge in [0.25, 0.3) is 5.91 Å². The highest BCUT2D eigenvalue weighted by Crippen LogP contribution is 2.38. The van der Waals surface area contributed by atoms with Gasteiger partial charge in [-0.1, -0.05) is 19.1 Å². The van der Waals surface area contributed by atoms with Gasteiger partial charge in [-0.25, -0.2) is 0 Å². The van der Waals surface area contributed by atoms with Crippen LogP contribution in [0.1, 0.15) is 24.5 Å². The Balaban J connectivity index is 1.70. The second-order valence-corrected chi connectivity index (χ2v) is 6.00. The topological polar surface area (TPSA) is 84.5 Å². The summed E-state index contributed by atoms with van der Waals surface area (Å²) in [5.74, 6) is -0.881. The third kappa shape index (κ3) is 4.81. The molecule has 0 heterocycles. The van der Waals surface area contributed by atoms with Gasteiger partial charge in [-0.15, -0.1) is 0 Å². The van der Waals surface area contributed by atoms with Crippen LogP contribution in [0, 0.1) is 25.7 Å². The maximum absolute atomic E-state index is 11.8. The summed E-state index contributed by atoms with van der Waals surface area (Å²) in [5, 5.41) is 5.18. The molecule has 2 amide bonds. The lowest BCUT2D eigenvalue weighted by molar-refractivity contribution is -0.150. The molecule has 0 spiro atoms. The molecule has 1 aromatic rings. The highest BCUT2D eigenvalue weighted by atomic mass is 16.5. The van der Waals surface area contributed by atoms with E-state index in [-0.39, 0.29) is 30.9 Å². The van der Waals surface area contributed by atoms with E-state index in [2.05, 4.69) is 10.6 Å². The number of aryl methyl sites for hydroxylation is 1. The first kappa shape index (κ1) is 17.0. The molecule has 124 valence electrons.